The summed E-state index contributed by atoms with van der Waals surface area (Å²) >= 11 is 0. The number of hydrogen-bond donors (Lipinski definition) is 1. The van der Waals surface area contributed by atoms with Gasteiger partial charge in [-0.2, -0.15) is 0 Å². The fourth-order valence-corrected chi connectivity index (χ4v) is 3.29. The molecule has 20 heavy (non-hydrogen) atoms. The Kier molecular flexibility index (Phi) is 5.72. The first-order valence-electron chi connectivity index (χ1n) is 7.89. The van der Waals surface area contributed by atoms with Crippen molar-refractivity contribution >= 4 is 0 Å². The summed E-state index contributed by atoms with van der Waals surface area (Å²) in [5, 5.41) is 0. The van der Waals surface area contributed by atoms with E-state index in [9.17, 15) is 0 Å². The first-order valence-corrected chi connectivity index (χ1v) is 7.89. The van der Waals surface area contributed by atoms with Crippen molar-refractivity contribution in [3.05, 3.63) is 23.8 Å². The van der Waals surface area contributed by atoms with Gasteiger partial charge in [-0.05, 0) is 50.8 Å². The predicted molar refractivity (Wildman–Crippen MR) is 82.5 cm³/mol. The SMILES string of the molecule is CCOc1ccc(C(CN)C2CCCC2)c(OCC)c1. The van der Waals surface area contributed by atoms with E-state index in [1.165, 1.54) is 31.2 Å². The van der Waals surface area contributed by atoms with E-state index in [4.69, 9.17) is 15.2 Å². The topological polar surface area (TPSA) is 44.5 Å². The minimum absolute atomic E-state index is 0.412. The fraction of sp³-hybridized carbons (Fsp3) is 0.647. The van der Waals surface area contributed by atoms with E-state index in [2.05, 4.69) is 6.07 Å². The molecule has 1 aromatic carbocycles. The van der Waals surface area contributed by atoms with Gasteiger partial charge in [-0.15, -0.1) is 0 Å². The maximum Gasteiger partial charge on any atom is 0.126 e. The highest BCUT2D eigenvalue weighted by Gasteiger charge is 2.27. The Morgan fingerprint density at radius 2 is 1.85 bits per heavy atom. The van der Waals surface area contributed by atoms with Gasteiger partial charge in [0.2, 0.25) is 0 Å². The summed E-state index contributed by atoms with van der Waals surface area (Å²) < 4.78 is 11.4. The Bertz CT molecular complexity index is 413. The van der Waals surface area contributed by atoms with Crippen LogP contribution in [0.15, 0.2) is 18.2 Å². The monoisotopic (exact) mass is 277 g/mol. The van der Waals surface area contributed by atoms with E-state index in [-0.39, 0.29) is 0 Å². The minimum atomic E-state index is 0.412. The van der Waals surface area contributed by atoms with Gasteiger partial charge in [0.05, 0.1) is 13.2 Å². The van der Waals surface area contributed by atoms with Crippen molar-refractivity contribution in [1.82, 2.24) is 0 Å². The number of nitrogens with two attached hydrogens (primary N) is 1. The first kappa shape index (κ1) is 15.2. The molecule has 1 aliphatic carbocycles. The zero-order chi connectivity index (χ0) is 14.4. The van der Waals surface area contributed by atoms with Crippen LogP contribution in [0.3, 0.4) is 0 Å². The zero-order valence-electron chi connectivity index (χ0n) is 12.7. The van der Waals surface area contributed by atoms with Crippen molar-refractivity contribution in [3.8, 4) is 11.5 Å². The van der Waals surface area contributed by atoms with Gasteiger partial charge in [0.1, 0.15) is 11.5 Å². The minimum Gasteiger partial charge on any atom is -0.494 e. The smallest absolute Gasteiger partial charge is 0.126 e. The Hall–Kier alpha value is -1.22. The molecule has 0 amide bonds. The Labute approximate surface area is 122 Å². The lowest BCUT2D eigenvalue weighted by molar-refractivity contribution is 0.314. The van der Waals surface area contributed by atoms with Crippen LogP contribution >= 0.6 is 0 Å². The molecule has 0 spiro atoms. The molecule has 2 N–H and O–H groups in total. The summed E-state index contributed by atoms with van der Waals surface area (Å²) in [7, 11) is 0. The summed E-state index contributed by atoms with van der Waals surface area (Å²) in [5.74, 6) is 2.94. The van der Waals surface area contributed by atoms with Gasteiger partial charge in [0.15, 0.2) is 0 Å². The third-order valence-electron chi connectivity index (χ3n) is 4.22. The summed E-state index contributed by atoms with van der Waals surface area (Å²) in [6.45, 7) is 6.05. The molecule has 1 fully saturated rings. The van der Waals surface area contributed by atoms with Crippen molar-refractivity contribution in [1.29, 1.82) is 0 Å². The average Bonchev–Trinajstić information content (AvgIpc) is 2.96. The number of hydrogen-bond acceptors (Lipinski definition) is 3. The molecule has 0 radical (unpaired) electrons. The fourth-order valence-electron chi connectivity index (χ4n) is 3.29. The molecule has 0 aromatic heterocycles. The standard InChI is InChI=1S/C17H27NO2/c1-3-19-14-9-10-15(17(11-14)20-4-2)16(12-18)13-7-5-6-8-13/h9-11,13,16H,3-8,12,18H2,1-2H3. The van der Waals surface area contributed by atoms with Gasteiger partial charge >= 0.3 is 0 Å². The molecule has 0 saturated heterocycles. The van der Waals surface area contributed by atoms with Gasteiger partial charge in [0.25, 0.3) is 0 Å². The van der Waals surface area contributed by atoms with Crippen LogP contribution in [0.2, 0.25) is 0 Å². The van der Waals surface area contributed by atoms with Crippen LogP contribution in [0.5, 0.6) is 11.5 Å². The van der Waals surface area contributed by atoms with Crippen LogP contribution in [0.1, 0.15) is 51.0 Å². The van der Waals surface area contributed by atoms with Gasteiger partial charge in [0, 0.05) is 12.0 Å². The van der Waals surface area contributed by atoms with Crippen LogP contribution < -0.4 is 15.2 Å². The number of ether oxygens (including phenoxy) is 2. The van der Waals surface area contributed by atoms with Crippen LogP contribution in [-0.2, 0) is 0 Å². The second kappa shape index (κ2) is 7.53. The lowest BCUT2D eigenvalue weighted by Gasteiger charge is -2.25. The van der Waals surface area contributed by atoms with Crippen molar-refractivity contribution in [2.45, 2.75) is 45.4 Å². The molecule has 2 rings (SSSR count). The summed E-state index contributed by atoms with van der Waals surface area (Å²) in [4.78, 5) is 0. The Morgan fingerprint density at radius 1 is 1.15 bits per heavy atom. The van der Waals surface area contributed by atoms with Crippen molar-refractivity contribution < 1.29 is 9.47 Å². The summed E-state index contributed by atoms with van der Waals surface area (Å²) in [5.41, 5.74) is 7.31. The van der Waals surface area contributed by atoms with E-state index in [0.717, 1.165) is 11.5 Å². The lowest BCUT2D eigenvalue weighted by atomic mass is 9.84. The molecule has 1 aliphatic rings. The molecular weight excluding hydrogens is 250 g/mol. The highest BCUT2D eigenvalue weighted by molar-refractivity contribution is 5.43. The van der Waals surface area contributed by atoms with Crippen molar-refractivity contribution in [2.75, 3.05) is 19.8 Å². The summed E-state index contributed by atoms with van der Waals surface area (Å²) in [6.07, 6.45) is 5.26. The Morgan fingerprint density at radius 3 is 2.45 bits per heavy atom. The van der Waals surface area contributed by atoms with E-state index >= 15 is 0 Å². The van der Waals surface area contributed by atoms with Gasteiger partial charge in [-0.1, -0.05) is 18.9 Å². The molecule has 3 nitrogen and oxygen atoms in total. The molecule has 1 saturated carbocycles. The van der Waals surface area contributed by atoms with Crippen LogP contribution in [0.25, 0.3) is 0 Å². The molecule has 1 aromatic rings. The molecule has 0 bridgehead atoms. The lowest BCUT2D eigenvalue weighted by Crippen LogP contribution is -2.20. The molecule has 0 heterocycles. The third-order valence-corrected chi connectivity index (χ3v) is 4.22. The number of benzene rings is 1. The molecule has 3 heteroatoms. The molecule has 112 valence electrons. The van der Waals surface area contributed by atoms with E-state index < -0.39 is 0 Å². The van der Waals surface area contributed by atoms with E-state index in [1.54, 1.807) is 0 Å². The average molecular weight is 277 g/mol. The third kappa shape index (κ3) is 3.45. The van der Waals surface area contributed by atoms with Gasteiger partial charge < -0.3 is 15.2 Å². The maximum atomic E-state index is 6.06. The first-order chi connectivity index (χ1) is 9.80. The molecular formula is C17H27NO2. The largest absolute Gasteiger partial charge is 0.494 e. The van der Waals surface area contributed by atoms with Crippen molar-refractivity contribution in [3.63, 3.8) is 0 Å². The number of rotatable bonds is 7. The predicted octanol–water partition coefficient (Wildman–Crippen LogP) is 3.72. The van der Waals surface area contributed by atoms with Crippen molar-refractivity contribution in [2.24, 2.45) is 11.7 Å². The van der Waals surface area contributed by atoms with Gasteiger partial charge in [-0.3, -0.25) is 0 Å². The van der Waals surface area contributed by atoms with Gasteiger partial charge in [-0.25, -0.2) is 0 Å². The normalized spacial score (nSPS) is 17.1. The highest BCUT2D eigenvalue weighted by atomic mass is 16.5. The highest BCUT2D eigenvalue weighted by Crippen LogP contribution is 2.41. The maximum absolute atomic E-state index is 6.06. The molecule has 0 aliphatic heterocycles. The quantitative estimate of drug-likeness (QED) is 0.826. The molecule has 1 atom stereocenters. The zero-order valence-corrected chi connectivity index (χ0v) is 12.7. The second-order valence-electron chi connectivity index (χ2n) is 5.45. The second-order valence-corrected chi connectivity index (χ2v) is 5.45. The van der Waals surface area contributed by atoms with Crippen LogP contribution in [0, 0.1) is 5.92 Å². The molecule has 1 unspecified atom stereocenters. The van der Waals surface area contributed by atoms with E-state index in [0.29, 0.717) is 31.6 Å². The Balaban J connectivity index is 2.27. The van der Waals surface area contributed by atoms with Crippen LogP contribution in [-0.4, -0.2) is 19.8 Å². The summed E-state index contributed by atoms with van der Waals surface area (Å²) in [6, 6.07) is 6.20. The van der Waals surface area contributed by atoms with E-state index in [1.807, 2.05) is 26.0 Å². The van der Waals surface area contributed by atoms with Crippen LogP contribution in [0.4, 0.5) is 0 Å².